The van der Waals surface area contributed by atoms with Gasteiger partial charge in [0.25, 0.3) is 5.91 Å². The number of Topliss-reactive ketones (excluding diaryl/α,β-unsaturated/α-hetero) is 1. The summed E-state index contributed by atoms with van der Waals surface area (Å²) in [6, 6.07) is 2.51. The monoisotopic (exact) mass is 433 g/mol. The number of ketones is 1. The van der Waals surface area contributed by atoms with Crippen molar-refractivity contribution in [3.05, 3.63) is 29.6 Å². The Labute approximate surface area is 180 Å². The molecule has 2 aliphatic rings. The maximum atomic E-state index is 13.1. The molecule has 1 saturated carbocycles. The fourth-order valence-electron chi connectivity index (χ4n) is 4.19. The van der Waals surface area contributed by atoms with Crippen LogP contribution in [0.2, 0.25) is 0 Å². The molecule has 0 saturated heterocycles. The van der Waals surface area contributed by atoms with Gasteiger partial charge in [-0.15, -0.1) is 0 Å². The van der Waals surface area contributed by atoms with Crippen molar-refractivity contribution in [2.24, 2.45) is 11.1 Å². The highest BCUT2D eigenvalue weighted by atomic mass is 19.1. The van der Waals surface area contributed by atoms with E-state index in [2.05, 4.69) is 15.5 Å². The minimum absolute atomic E-state index is 0.112. The second-order valence-electron chi connectivity index (χ2n) is 8.53. The number of nitrogens with one attached hydrogen (secondary N) is 1. The van der Waals surface area contributed by atoms with Gasteiger partial charge < -0.3 is 15.3 Å². The molecule has 0 spiro atoms. The predicted octanol–water partition coefficient (Wildman–Crippen LogP) is 2.76. The number of hydrogen-bond donors (Lipinski definition) is 2. The summed E-state index contributed by atoms with van der Waals surface area (Å²) in [7, 11) is 0. The van der Waals surface area contributed by atoms with Crippen molar-refractivity contribution < 1.29 is 28.7 Å². The molecule has 31 heavy (non-hydrogen) atoms. The molecule has 0 bridgehead atoms. The fraction of sp³-hybridized carbons (Fsp3) is 0.591. The van der Waals surface area contributed by atoms with Crippen LogP contribution in [-0.2, 0) is 19.2 Å². The summed E-state index contributed by atoms with van der Waals surface area (Å²) in [6.07, 6.45) is 5.82. The van der Waals surface area contributed by atoms with Gasteiger partial charge in [0.2, 0.25) is 5.60 Å². The van der Waals surface area contributed by atoms with E-state index in [9.17, 15) is 18.8 Å². The normalized spacial score (nSPS) is 22.1. The van der Waals surface area contributed by atoms with E-state index in [1.54, 1.807) is 20.0 Å². The fourth-order valence-corrected chi connectivity index (χ4v) is 4.19. The maximum absolute atomic E-state index is 13.1. The Bertz CT molecular complexity index is 882. The molecule has 2 atom stereocenters. The van der Waals surface area contributed by atoms with Crippen molar-refractivity contribution in [3.63, 3.8) is 0 Å². The van der Waals surface area contributed by atoms with Crippen LogP contribution in [0.25, 0.3) is 0 Å². The predicted molar refractivity (Wildman–Crippen MR) is 110 cm³/mol. The van der Waals surface area contributed by atoms with E-state index in [4.69, 9.17) is 9.94 Å². The molecule has 0 radical (unpaired) electrons. The molecule has 1 aliphatic carbocycles. The van der Waals surface area contributed by atoms with Gasteiger partial charge in [0.1, 0.15) is 18.4 Å². The van der Waals surface area contributed by atoms with Gasteiger partial charge in [0, 0.05) is 18.5 Å². The molecule has 2 heterocycles. The van der Waals surface area contributed by atoms with Gasteiger partial charge in [-0.1, -0.05) is 31.8 Å². The van der Waals surface area contributed by atoms with Crippen LogP contribution in [0.4, 0.5) is 4.39 Å². The van der Waals surface area contributed by atoms with Crippen molar-refractivity contribution in [1.82, 2.24) is 10.3 Å². The SMILES string of the molecule is CC(C)[C@@]1(C(=O)NC(CC(=O)O)C(=O)CF)CC(c2cc(C3CCCC3)ccn2)=NO1. The molecule has 1 aromatic rings. The Hall–Kier alpha value is -2.84. The van der Waals surface area contributed by atoms with Crippen molar-refractivity contribution in [2.45, 2.75) is 69.9 Å². The first kappa shape index (κ1) is 22.8. The number of oxime groups is 1. The zero-order chi connectivity index (χ0) is 22.6. The number of halogens is 1. The summed E-state index contributed by atoms with van der Waals surface area (Å²) >= 11 is 0. The summed E-state index contributed by atoms with van der Waals surface area (Å²) in [5.41, 5.74) is 0.886. The molecular weight excluding hydrogens is 405 g/mol. The number of aliphatic carboxylic acids is 1. The minimum atomic E-state index is -1.47. The van der Waals surface area contributed by atoms with Gasteiger partial charge in [-0.25, -0.2) is 4.39 Å². The summed E-state index contributed by atoms with van der Waals surface area (Å²) in [5, 5.41) is 15.5. The van der Waals surface area contributed by atoms with Gasteiger partial charge in [0.05, 0.1) is 12.1 Å². The van der Waals surface area contributed by atoms with Gasteiger partial charge in [-0.2, -0.15) is 0 Å². The lowest BCUT2D eigenvalue weighted by atomic mass is 9.83. The number of aromatic nitrogens is 1. The van der Waals surface area contributed by atoms with Crippen LogP contribution >= 0.6 is 0 Å². The Morgan fingerprint density at radius 2 is 2.03 bits per heavy atom. The molecule has 8 nitrogen and oxygen atoms in total. The molecule has 9 heteroatoms. The van der Waals surface area contributed by atoms with E-state index in [0.717, 1.165) is 12.8 Å². The van der Waals surface area contributed by atoms with Gasteiger partial charge >= 0.3 is 5.97 Å². The third-order valence-electron chi connectivity index (χ3n) is 6.18. The molecule has 1 unspecified atom stereocenters. The van der Waals surface area contributed by atoms with Gasteiger partial charge in [-0.3, -0.25) is 19.4 Å². The van der Waals surface area contributed by atoms with Crippen molar-refractivity contribution in [1.29, 1.82) is 0 Å². The number of carboxylic acids is 1. The smallest absolute Gasteiger partial charge is 0.305 e. The second kappa shape index (κ2) is 9.53. The van der Waals surface area contributed by atoms with Crippen molar-refractivity contribution in [2.75, 3.05) is 6.67 Å². The van der Waals surface area contributed by atoms with Gasteiger partial charge in [0.15, 0.2) is 5.78 Å². The summed E-state index contributed by atoms with van der Waals surface area (Å²) < 4.78 is 12.9. The first-order valence-electron chi connectivity index (χ1n) is 10.6. The van der Waals surface area contributed by atoms with Crippen LogP contribution in [0.5, 0.6) is 0 Å². The lowest BCUT2D eigenvalue weighted by molar-refractivity contribution is -0.152. The molecule has 1 aliphatic heterocycles. The van der Waals surface area contributed by atoms with Crippen LogP contribution in [0.15, 0.2) is 23.5 Å². The van der Waals surface area contributed by atoms with E-state index < -0.39 is 42.4 Å². The first-order valence-corrected chi connectivity index (χ1v) is 10.6. The molecule has 0 aromatic carbocycles. The number of pyridine rings is 1. The molecule has 1 amide bonds. The second-order valence-corrected chi connectivity index (χ2v) is 8.53. The first-order chi connectivity index (χ1) is 14.8. The number of nitrogens with zero attached hydrogens (tertiary/aromatic N) is 2. The van der Waals surface area contributed by atoms with Crippen LogP contribution in [0, 0.1) is 5.92 Å². The average Bonchev–Trinajstić information content (AvgIpc) is 3.43. The largest absolute Gasteiger partial charge is 0.481 e. The van der Waals surface area contributed by atoms with E-state index in [0.29, 0.717) is 17.3 Å². The maximum Gasteiger partial charge on any atom is 0.305 e. The molecule has 2 N–H and O–H groups in total. The Morgan fingerprint density at radius 1 is 1.32 bits per heavy atom. The lowest BCUT2D eigenvalue weighted by Gasteiger charge is -2.30. The number of hydrogen-bond acceptors (Lipinski definition) is 6. The molecule has 1 fully saturated rings. The zero-order valence-electron chi connectivity index (χ0n) is 17.8. The number of carbonyl (C=O) groups excluding carboxylic acids is 2. The highest BCUT2D eigenvalue weighted by Crippen LogP contribution is 2.36. The van der Waals surface area contributed by atoms with E-state index in [1.807, 2.05) is 12.1 Å². The third-order valence-corrected chi connectivity index (χ3v) is 6.18. The van der Waals surface area contributed by atoms with E-state index >= 15 is 0 Å². The lowest BCUT2D eigenvalue weighted by Crippen LogP contribution is -2.55. The van der Waals surface area contributed by atoms with E-state index in [1.165, 1.54) is 18.4 Å². The summed E-state index contributed by atoms with van der Waals surface area (Å²) in [6.45, 7) is 2.17. The zero-order valence-corrected chi connectivity index (χ0v) is 17.8. The minimum Gasteiger partial charge on any atom is -0.481 e. The number of rotatable bonds is 9. The highest BCUT2D eigenvalue weighted by Gasteiger charge is 2.50. The van der Waals surface area contributed by atoms with Crippen molar-refractivity contribution in [3.8, 4) is 0 Å². The Balaban J connectivity index is 1.78. The molecule has 1 aromatic heterocycles. The molecule has 3 rings (SSSR count). The van der Waals surface area contributed by atoms with Crippen LogP contribution in [0.1, 0.15) is 69.5 Å². The van der Waals surface area contributed by atoms with Crippen LogP contribution in [-0.4, -0.2) is 51.8 Å². The quantitative estimate of drug-likeness (QED) is 0.618. The standard InChI is InChI=1S/C22H28FN3O5/c1-13(2)22(21(30)25-17(10-20(28)29)19(27)12-23)11-18(26-31-22)16-9-15(7-8-24-16)14-5-3-4-6-14/h7-9,13-14,17H,3-6,10-12H2,1-2H3,(H,25,30)(H,28,29)/t17?,22-/m1/s1. The number of carbonyl (C=O) groups is 3. The Morgan fingerprint density at radius 3 is 2.65 bits per heavy atom. The number of alkyl halides is 1. The summed E-state index contributed by atoms with van der Waals surface area (Å²) in [5.74, 6) is -2.87. The topological polar surface area (TPSA) is 118 Å². The van der Waals surface area contributed by atoms with Gasteiger partial charge in [-0.05, 0) is 36.5 Å². The number of carboxylic acid groups (broad SMARTS) is 1. The van der Waals surface area contributed by atoms with E-state index in [-0.39, 0.29) is 12.3 Å². The van der Waals surface area contributed by atoms with Crippen LogP contribution in [0.3, 0.4) is 0 Å². The highest BCUT2D eigenvalue weighted by molar-refractivity contribution is 6.05. The van der Waals surface area contributed by atoms with Crippen molar-refractivity contribution >= 4 is 23.4 Å². The Kier molecular flexibility index (Phi) is 7.02. The van der Waals surface area contributed by atoms with Crippen LogP contribution < -0.4 is 5.32 Å². The average molecular weight is 433 g/mol. The molecular formula is C22H28FN3O5. The molecule has 168 valence electrons. The third kappa shape index (κ3) is 4.91. The number of amides is 1. The summed E-state index contributed by atoms with van der Waals surface area (Å²) in [4.78, 5) is 45.9.